The van der Waals surface area contributed by atoms with Crippen LogP contribution >= 0.6 is 0 Å². The Hall–Kier alpha value is 0.634. The van der Waals surface area contributed by atoms with Crippen molar-refractivity contribution in [3.8, 4) is 0 Å². The summed E-state index contributed by atoms with van der Waals surface area (Å²) in [6.45, 7) is 0. The second-order valence-electron chi connectivity index (χ2n) is 0.750. The van der Waals surface area contributed by atoms with E-state index in [4.69, 9.17) is 0 Å². The van der Waals surface area contributed by atoms with Gasteiger partial charge >= 0.3 is 28.6 Å². The standard InChI is InChI=1S/C2H4.2O.Ti/c1-2;;;/h1-2H2;;;/q;2*-2;+4. The van der Waals surface area contributed by atoms with Gasteiger partial charge in [-0.1, -0.05) is 0 Å². The van der Waals surface area contributed by atoms with Crippen molar-refractivity contribution in [3.05, 3.63) is 0 Å². The first kappa shape index (κ1) is 9.16. The molecule has 0 amide bonds. The van der Waals surface area contributed by atoms with Crippen LogP contribution < -0.4 is 0 Å². The van der Waals surface area contributed by atoms with Gasteiger partial charge in [0.05, 0.1) is 0 Å². The normalized spacial score (nSPS) is 16.0. The maximum absolute atomic E-state index is 1.62. The summed E-state index contributed by atoms with van der Waals surface area (Å²) in [5.41, 5.74) is 0. The molecule has 0 atom stereocenters. The van der Waals surface area contributed by atoms with Crippen molar-refractivity contribution in [2.24, 2.45) is 0 Å². The van der Waals surface area contributed by atoms with Gasteiger partial charge in [0.15, 0.2) is 0 Å². The fraction of sp³-hybridized carbons (Fsp3) is 1.00. The van der Waals surface area contributed by atoms with Crippen LogP contribution in [-0.4, -0.2) is 0 Å². The maximum Gasteiger partial charge on any atom is -2.00 e. The zero-order chi connectivity index (χ0) is 2.12. The molecule has 0 saturated carbocycles. The van der Waals surface area contributed by atoms with Crippen molar-refractivity contribution in [1.29, 1.82) is 0 Å². The van der Waals surface area contributed by atoms with Crippen LogP contribution in [-0.2, 0) is 30.1 Å². The molecule has 3 heteroatoms. The van der Waals surface area contributed by atoms with Crippen molar-refractivity contribution in [3.63, 3.8) is 0 Å². The minimum atomic E-state index is 0. The Balaban J connectivity index is 0. The Morgan fingerprint density at radius 2 is 1.20 bits per heavy atom. The molecule has 0 aromatic carbocycles. The average molecular weight is 108 g/mol. The minimum absolute atomic E-state index is 0. The molecule has 0 radical (unpaired) electrons. The topological polar surface area (TPSA) is 57.0 Å². The molecule has 0 aliphatic carbocycles. The molecule has 0 aromatic heterocycles. The van der Waals surface area contributed by atoms with Crippen LogP contribution in [0.3, 0.4) is 0 Å². The van der Waals surface area contributed by atoms with E-state index in [1.54, 1.807) is 9.45 Å². The summed E-state index contributed by atoms with van der Waals surface area (Å²) in [4.78, 5) is 0. The zero-order valence-corrected chi connectivity index (χ0v) is 4.29. The summed E-state index contributed by atoms with van der Waals surface area (Å²) in [5, 5.41) is 0. The summed E-state index contributed by atoms with van der Waals surface area (Å²) in [6.07, 6.45) is 0. The monoisotopic (exact) mass is 108 g/mol. The van der Waals surface area contributed by atoms with E-state index in [0.29, 0.717) is 0 Å². The van der Waals surface area contributed by atoms with Crippen molar-refractivity contribution >= 4 is 0 Å². The molecule has 1 saturated heterocycles. The minimum Gasteiger partial charge on any atom is -2.00 e. The van der Waals surface area contributed by atoms with Crippen molar-refractivity contribution in [2.45, 2.75) is 9.45 Å². The van der Waals surface area contributed by atoms with Crippen molar-refractivity contribution in [1.82, 2.24) is 0 Å². The zero-order valence-electron chi connectivity index (χ0n) is 2.73. The molecule has 2 nitrogen and oxygen atoms in total. The van der Waals surface area contributed by atoms with E-state index < -0.39 is 0 Å². The van der Waals surface area contributed by atoms with Gasteiger partial charge in [0.1, 0.15) is 0 Å². The van der Waals surface area contributed by atoms with Crippen LogP contribution in [0.1, 0.15) is 0 Å². The van der Waals surface area contributed by atoms with Gasteiger partial charge in [0, 0.05) is 0 Å². The van der Waals surface area contributed by atoms with Crippen molar-refractivity contribution < 1.29 is 30.1 Å². The van der Waals surface area contributed by atoms with E-state index in [0.717, 1.165) is 19.2 Å². The molecule has 1 heterocycles. The van der Waals surface area contributed by atoms with Gasteiger partial charge in [-0.3, -0.25) is 0 Å². The van der Waals surface area contributed by atoms with Gasteiger partial charge in [0.2, 0.25) is 0 Å². The van der Waals surface area contributed by atoms with E-state index in [1.807, 2.05) is 0 Å². The summed E-state index contributed by atoms with van der Waals surface area (Å²) in [7, 11) is 0. The number of rotatable bonds is 0. The first-order valence-electron chi connectivity index (χ1n) is 1.21. The molecule has 0 unspecified atom stereocenters. The van der Waals surface area contributed by atoms with Gasteiger partial charge < -0.3 is 11.0 Å². The van der Waals surface area contributed by atoms with Crippen LogP contribution in [0, 0.1) is 0 Å². The molecule has 28 valence electrons. The second-order valence-corrected chi connectivity index (χ2v) is 3.09. The second kappa shape index (κ2) is 4.63. The Labute approximate surface area is 40.1 Å². The molecular formula is C2H4O2Ti. The van der Waals surface area contributed by atoms with Crippen LogP contribution in [0.4, 0.5) is 0 Å². The van der Waals surface area contributed by atoms with Gasteiger partial charge in [-0.05, 0) is 0 Å². The molecule has 0 N–H and O–H groups in total. The number of hydrogen-bond acceptors (Lipinski definition) is 0. The summed E-state index contributed by atoms with van der Waals surface area (Å²) < 4.78 is 3.25. The Morgan fingerprint density at radius 3 is 1.20 bits per heavy atom. The van der Waals surface area contributed by atoms with Gasteiger partial charge in [0.25, 0.3) is 0 Å². The Morgan fingerprint density at radius 1 is 1.00 bits per heavy atom. The van der Waals surface area contributed by atoms with E-state index in [9.17, 15) is 0 Å². The predicted octanol–water partition coefficient (Wildman–Crippen LogP) is 0.681. The molecule has 1 rings (SSSR count). The maximum atomic E-state index is 1.62. The average Bonchev–Trinajstić information content (AvgIpc) is 1.46. The van der Waals surface area contributed by atoms with E-state index in [-0.39, 0.29) is 11.0 Å². The van der Waals surface area contributed by atoms with Crippen LogP contribution in [0.25, 0.3) is 0 Å². The van der Waals surface area contributed by atoms with Gasteiger partial charge in [-0.15, -0.1) is 0 Å². The first-order chi connectivity index (χ1) is 1.50. The summed E-state index contributed by atoms with van der Waals surface area (Å²) in [6, 6.07) is 0. The molecule has 0 spiro atoms. The molecule has 1 fully saturated rings. The van der Waals surface area contributed by atoms with Crippen LogP contribution in [0.2, 0.25) is 9.45 Å². The molecular weight excluding hydrogens is 104 g/mol. The molecule has 1 aliphatic rings. The van der Waals surface area contributed by atoms with Gasteiger partial charge in [-0.25, -0.2) is 0 Å². The smallest absolute Gasteiger partial charge is 2.00 e. The largest absolute Gasteiger partial charge is 2.00 e. The third kappa shape index (κ3) is 12.0. The molecule has 0 aromatic rings. The Kier molecular flexibility index (Phi) is 8.49. The van der Waals surface area contributed by atoms with Gasteiger partial charge in [-0.2, -0.15) is 0 Å². The third-order valence-corrected chi connectivity index (χ3v) is 1.03. The fourth-order valence-corrected chi connectivity index (χ4v) is 0. The van der Waals surface area contributed by atoms with Crippen molar-refractivity contribution in [2.75, 3.05) is 0 Å². The summed E-state index contributed by atoms with van der Waals surface area (Å²) >= 11 is 0.750. The third-order valence-electron chi connectivity index (χ3n) is 0.250. The SMILES string of the molecule is [CH2]1[CH2][Ti+4]1.[O-2].[O-2]. The molecule has 1 aliphatic heterocycles. The number of hydrogen-bond donors (Lipinski definition) is 0. The predicted molar refractivity (Wildman–Crippen MR) is 11.0 cm³/mol. The Bertz CT molecular complexity index is 12.4. The fourth-order valence-electron chi connectivity index (χ4n) is 0. The first-order valence-corrected chi connectivity index (χ1v) is 3.42. The van der Waals surface area contributed by atoms with Crippen LogP contribution in [0.15, 0.2) is 0 Å². The van der Waals surface area contributed by atoms with E-state index in [1.165, 1.54) is 0 Å². The molecule has 5 heavy (non-hydrogen) atoms. The van der Waals surface area contributed by atoms with Crippen LogP contribution in [0.5, 0.6) is 0 Å². The molecule has 0 bridgehead atoms. The summed E-state index contributed by atoms with van der Waals surface area (Å²) in [5.74, 6) is 0. The quantitative estimate of drug-likeness (QED) is 0.409. The van der Waals surface area contributed by atoms with E-state index in [2.05, 4.69) is 0 Å². The van der Waals surface area contributed by atoms with E-state index >= 15 is 0 Å².